The van der Waals surface area contributed by atoms with Gasteiger partial charge in [0.15, 0.2) is 0 Å². The molecule has 0 aliphatic carbocycles. The minimum atomic E-state index is -0.854. The molecule has 0 radical (unpaired) electrons. The van der Waals surface area contributed by atoms with Crippen molar-refractivity contribution < 1.29 is 23.6 Å². The molecule has 3 rings (SSSR count). The Balaban J connectivity index is 1.74. The Morgan fingerprint density at radius 3 is 2.26 bits per heavy atom. The first-order valence-corrected chi connectivity index (χ1v) is 6.97. The van der Waals surface area contributed by atoms with Gasteiger partial charge in [-0.25, -0.2) is 9.18 Å². The molecule has 1 aliphatic rings. The second-order valence-corrected chi connectivity index (χ2v) is 5.23. The Hall–Kier alpha value is -2.73. The molecule has 23 heavy (non-hydrogen) atoms. The second-order valence-electron chi connectivity index (χ2n) is 4.83. The molecule has 0 aromatic heterocycles. The first-order valence-electron chi connectivity index (χ1n) is 6.60. The highest BCUT2D eigenvalue weighted by Crippen LogP contribution is 2.23. The van der Waals surface area contributed by atoms with Gasteiger partial charge in [0, 0.05) is 5.02 Å². The molecular weight excluding hydrogens is 325 g/mol. The quantitative estimate of drug-likeness (QED) is 0.810. The largest absolute Gasteiger partial charge is 0.337 e. The van der Waals surface area contributed by atoms with Crippen LogP contribution in [0.15, 0.2) is 42.5 Å². The predicted octanol–water partition coefficient (Wildman–Crippen LogP) is 2.78. The van der Waals surface area contributed by atoms with Crippen LogP contribution in [-0.4, -0.2) is 22.8 Å². The summed E-state index contributed by atoms with van der Waals surface area (Å²) in [6.07, 6.45) is -0.299. The van der Waals surface area contributed by atoms with E-state index in [1.54, 1.807) is 12.1 Å². The van der Waals surface area contributed by atoms with Gasteiger partial charge in [-0.3, -0.25) is 9.59 Å². The molecule has 0 unspecified atom stereocenters. The van der Waals surface area contributed by atoms with Crippen LogP contribution >= 0.6 is 11.6 Å². The van der Waals surface area contributed by atoms with Crippen LogP contribution in [0.3, 0.4) is 0 Å². The van der Waals surface area contributed by atoms with Crippen molar-refractivity contribution in [3.63, 3.8) is 0 Å². The molecule has 2 aromatic rings. The Labute approximate surface area is 135 Å². The van der Waals surface area contributed by atoms with Crippen LogP contribution in [0.4, 0.5) is 4.39 Å². The molecule has 5 nitrogen and oxygen atoms in total. The van der Waals surface area contributed by atoms with Crippen LogP contribution in [0, 0.1) is 5.82 Å². The molecule has 2 amide bonds. The van der Waals surface area contributed by atoms with Gasteiger partial charge >= 0.3 is 5.97 Å². The van der Waals surface area contributed by atoms with Crippen molar-refractivity contribution in [2.75, 3.05) is 0 Å². The molecule has 1 aliphatic heterocycles. The number of fused-ring (bicyclic) bond motifs is 1. The molecule has 2 aromatic carbocycles. The summed E-state index contributed by atoms with van der Waals surface area (Å²) in [5.74, 6) is -2.80. The van der Waals surface area contributed by atoms with Crippen LogP contribution in [0.2, 0.25) is 5.02 Å². The summed E-state index contributed by atoms with van der Waals surface area (Å²) in [6, 6.07) is 9.70. The highest BCUT2D eigenvalue weighted by Gasteiger charge is 2.38. The van der Waals surface area contributed by atoms with E-state index in [1.807, 2.05) is 0 Å². The SMILES string of the molecule is O=C(Cc1ccc(F)cc1Cl)ON1C(=O)c2ccccc2C1=O. The average Bonchev–Trinajstić information content (AvgIpc) is 2.76. The third-order valence-corrected chi connectivity index (χ3v) is 3.65. The second kappa shape index (κ2) is 5.81. The van der Waals surface area contributed by atoms with Gasteiger partial charge in [0.2, 0.25) is 0 Å². The molecule has 1 heterocycles. The molecule has 7 heteroatoms. The lowest BCUT2D eigenvalue weighted by molar-refractivity contribution is -0.167. The van der Waals surface area contributed by atoms with Crippen LogP contribution in [0.1, 0.15) is 26.3 Å². The van der Waals surface area contributed by atoms with E-state index < -0.39 is 23.6 Å². The van der Waals surface area contributed by atoms with E-state index in [2.05, 4.69) is 0 Å². The lowest BCUT2D eigenvalue weighted by Crippen LogP contribution is -2.33. The molecule has 0 fully saturated rings. The van der Waals surface area contributed by atoms with Gasteiger partial charge in [0.1, 0.15) is 5.82 Å². The number of nitrogens with zero attached hydrogens (tertiary/aromatic N) is 1. The summed E-state index contributed by atoms with van der Waals surface area (Å²) < 4.78 is 13.0. The van der Waals surface area contributed by atoms with Gasteiger partial charge in [-0.2, -0.15) is 0 Å². The van der Waals surface area contributed by atoms with Crippen LogP contribution in [0.5, 0.6) is 0 Å². The lowest BCUT2D eigenvalue weighted by atomic mass is 10.1. The molecule has 0 bridgehead atoms. The minimum Gasteiger partial charge on any atom is -0.329 e. The monoisotopic (exact) mass is 333 g/mol. The fraction of sp³-hybridized carbons (Fsp3) is 0.0625. The van der Waals surface area contributed by atoms with Gasteiger partial charge in [-0.05, 0) is 29.8 Å². The van der Waals surface area contributed by atoms with Gasteiger partial charge in [-0.1, -0.05) is 34.9 Å². The number of hydrogen-bond donors (Lipinski definition) is 0. The highest BCUT2D eigenvalue weighted by molar-refractivity contribution is 6.31. The standard InChI is InChI=1S/C16H9ClFNO4/c17-13-8-10(18)6-5-9(13)7-14(20)23-19-15(21)11-3-1-2-4-12(11)16(19)22/h1-6,8H,7H2. The van der Waals surface area contributed by atoms with Crippen molar-refractivity contribution in [3.05, 3.63) is 70.0 Å². The number of hydrogen-bond acceptors (Lipinski definition) is 4. The maximum absolute atomic E-state index is 13.0. The maximum atomic E-state index is 13.0. The van der Waals surface area contributed by atoms with E-state index >= 15 is 0 Å². The summed E-state index contributed by atoms with van der Waals surface area (Å²) in [5, 5.41) is 0.481. The average molecular weight is 334 g/mol. The summed E-state index contributed by atoms with van der Waals surface area (Å²) in [7, 11) is 0. The number of carbonyl (C=O) groups excluding carboxylic acids is 3. The predicted molar refractivity (Wildman–Crippen MR) is 78.1 cm³/mol. The molecular formula is C16H9ClFNO4. The first kappa shape index (κ1) is 15.2. The van der Waals surface area contributed by atoms with Crippen LogP contribution in [-0.2, 0) is 16.1 Å². The number of amides is 2. The van der Waals surface area contributed by atoms with Crippen molar-refractivity contribution in [3.8, 4) is 0 Å². The smallest absolute Gasteiger partial charge is 0.329 e. The highest BCUT2D eigenvalue weighted by atomic mass is 35.5. The summed E-state index contributed by atoms with van der Waals surface area (Å²) in [5.41, 5.74) is 0.671. The Bertz CT molecular complexity index is 802. The van der Waals surface area contributed by atoms with Crippen LogP contribution in [0.25, 0.3) is 0 Å². The Morgan fingerprint density at radius 1 is 1.09 bits per heavy atom. The van der Waals surface area contributed by atoms with E-state index in [1.165, 1.54) is 18.2 Å². The summed E-state index contributed by atoms with van der Waals surface area (Å²) >= 11 is 5.83. The van der Waals surface area contributed by atoms with Crippen LogP contribution < -0.4 is 0 Å². The Kier molecular flexibility index (Phi) is 3.83. The maximum Gasteiger partial charge on any atom is 0.337 e. The number of imide groups is 1. The first-order chi connectivity index (χ1) is 11.0. The zero-order valence-electron chi connectivity index (χ0n) is 11.6. The van der Waals surface area contributed by atoms with E-state index in [9.17, 15) is 18.8 Å². The number of halogens is 2. The van der Waals surface area contributed by atoms with Crippen molar-refractivity contribution in [1.82, 2.24) is 5.06 Å². The van der Waals surface area contributed by atoms with E-state index in [0.717, 1.165) is 12.1 Å². The van der Waals surface area contributed by atoms with E-state index in [0.29, 0.717) is 10.6 Å². The number of carbonyl (C=O) groups is 3. The van der Waals surface area contributed by atoms with E-state index in [-0.39, 0.29) is 22.6 Å². The van der Waals surface area contributed by atoms with Crippen molar-refractivity contribution in [2.45, 2.75) is 6.42 Å². The van der Waals surface area contributed by atoms with Crippen molar-refractivity contribution in [2.24, 2.45) is 0 Å². The molecule has 0 N–H and O–H groups in total. The lowest BCUT2D eigenvalue weighted by Gasteiger charge is -2.13. The number of rotatable bonds is 3. The fourth-order valence-electron chi connectivity index (χ4n) is 2.20. The number of hydroxylamine groups is 2. The molecule has 116 valence electrons. The fourth-order valence-corrected chi connectivity index (χ4v) is 2.44. The number of benzene rings is 2. The third-order valence-electron chi connectivity index (χ3n) is 3.30. The van der Waals surface area contributed by atoms with E-state index in [4.69, 9.17) is 16.4 Å². The van der Waals surface area contributed by atoms with Crippen molar-refractivity contribution >= 4 is 29.4 Å². The summed E-state index contributed by atoms with van der Waals surface area (Å²) in [6.45, 7) is 0. The van der Waals surface area contributed by atoms with Gasteiger partial charge in [-0.15, -0.1) is 0 Å². The zero-order valence-corrected chi connectivity index (χ0v) is 12.3. The van der Waals surface area contributed by atoms with Gasteiger partial charge in [0.05, 0.1) is 17.5 Å². The molecule has 0 atom stereocenters. The van der Waals surface area contributed by atoms with Gasteiger partial charge < -0.3 is 4.84 Å². The molecule has 0 saturated heterocycles. The third kappa shape index (κ3) is 2.80. The Morgan fingerprint density at radius 2 is 1.70 bits per heavy atom. The molecule has 0 saturated carbocycles. The zero-order chi connectivity index (χ0) is 16.6. The summed E-state index contributed by atoms with van der Waals surface area (Å²) in [4.78, 5) is 40.9. The minimum absolute atomic E-state index is 0.0595. The van der Waals surface area contributed by atoms with Crippen molar-refractivity contribution in [1.29, 1.82) is 0 Å². The molecule has 0 spiro atoms. The van der Waals surface area contributed by atoms with Gasteiger partial charge in [0.25, 0.3) is 11.8 Å². The normalized spacial score (nSPS) is 13.2. The topological polar surface area (TPSA) is 63.7 Å².